The van der Waals surface area contributed by atoms with Crippen molar-refractivity contribution in [3.05, 3.63) is 21.9 Å². The minimum Gasteiger partial charge on any atom is -0.148 e. The second-order valence-electron chi connectivity index (χ2n) is 1.53. The minimum absolute atomic E-state index is 1.02. The van der Waals surface area contributed by atoms with Crippen LogP contribution in [0.5, 0.6) is 0 Å². The van der Waals surface area contributed by atoms with Crippen LogP contribution >= 0.6 is 11.3 Å². The van der Waals surface area contributed by atoms with Gasteiger partial charge >= 0.3 is 0 Å². The molecule has 1 rings (SSSR count). The highest BCUT2D eigenvalue weighted by molar-refractivity contribution is 7.10. The second-order valence-corrected chi connectivity index (χ2v) is 2.66. The Morgan fingerprint density at radius 1 is 1.75 bits per heavy atom. The summed E-state index contributed by atoms with van der Waals surface area (Å²) >= 11 is 1.69. The average Bonchev–Trinajstić information content (AvgIpc) is 2.14. The molecule has 0 nitrogen and oxygen atoms in total. The molecule has 1 aromatic heterocycles. The maximum absolute atomic E-state index is 5.15. The lowest BCUT2D eigenvalue weighted by atomic mass is 10.3. The van der Waals surface area contributed by atoms with Gasteiger partial charge in [-0.3, -0.25) is 0 Å². The molecule has 0 saturated carbocycles. The van der Waals surface area contributed by atoms with Crippen molar-refractivity contribution in [3.8, 4) is 12.3 Å². The molecule has 0 aliphatic rings. The van der Waals surface area contributed by atoms with Crippen LogP contribution in [0.1, 0.15) is 10.4 Å². The molecule has 0 unspecified atom stereocenters. The third kappa shape index (κ3) is 0.753. The van der Waals surface area contributed by atoms with E-state index in [9.17, 15) is 0 Å². The highest BCUT2D eigenvalue weighted by Gasteiger charge is 1.90. The number of thiophene rings is 1. The molecule has 1 heteroatoms. The van der Waals surface area contributed by atoms with E-state index >= 15 is 0 Å². The molecule has 0 aliphatic carbocycles. The predicted molar refractivity (Wildman–Crippen MR) is 37.0 cm³/mol. The summed E-state index contributed by atoms with van der Waals surface area (Å²) in [6, 6.07) is 1.96. The van der Waals surface area contributed by atoms with Crippen molar-refractivity contribution in [2.75, 3.05) is 0 Å². The lowest BCUT2D eigenvalue weighted by Gasteiger charge is -1.79. The standard InChI is InChI=1S/C7H6S/c1-3-7-4-5-8-6(7)2/h1,4-5H,2H3. The maximum atomic E-state index is 5.15. The van der Waals surface area contributed by atoms with E-state index in [2.05, 4.69) is 5.92 Å². The Morgan fingerprint density at radius 2 is 2.50 bits per heavy atom. The van der Waals surface area contributed by atoms with Crippen molar-refractivity contribution in [1.82, 2.24) is 0 Å². The van der Waals surface area contributed by atoms with Crippen LogP contribution in [0.25, 0.3) is 0 Å². The van der Waals surface area contributed by atoms with E-state index in [0.717, 1.165) is 5.56 Å². The highest BCUT2D eigenvalue weighted by Crippen LogP contribution is 2.12. The fourth-order valence-corrected chi connectivity index (χ4v) is 1.20. The molecular weight excluding hydrogens is 116 g/mol. The van der Waals surface area contributed by atoms with Gasteiger partial charge in [0.1, 0.15) is 0 Å². The fraction of sp³-hybridized carbons (Fsp3) is 0.143. The Hall–Kier alpha value is -0.740. The largest absolute Gasteiger partial charge is 0.148 e. The quantitative estimate of drug-likeness (QED) is 0.462. The van der Waals surface area contributed by atoms with E-state index in [1.165, 1.54) is 4.88 Å². The zero-order valence-corrected chi connectivity index (χ0v) is 5.46. The molecule has 1 aromatic rings. The molecule has 40 valence electrons. The second kappa shape index (κ2) is 2.02. The molecule has 0 N–H and O–H groups in total. The van der Waals surface area contributed by atoms with Gasteiger partial charge in [0.25, 0.3) is 0 Å². The first-order valence-electron chi connectivity index (χ1n) is 2.35. The van der Waals surface area contributed by atoms with E-state index in [0.29, 0.717) is 0 Å². The molecule has 0 fully saturated rings. The topological polar surface area (TPSA) is 0 Å². The van der Waals surface area contributed by atoms with E-state index in [4.69, 9.17) is 6.42 Å². The zero-order valence-electron chi connectivity index (χ0n) is 4.64. The first-order chi connectivity index (χ1) is 3.84. The summed E-state index contributed by atoms with van der Waals surface area (Å²) in [6.07, 6.45) is 5.15. The number of hydrogen-bond donors (Lipinski definition) is 0. The molecule has 0 aliphatic heterocycles. The molecule has 0 spiro atoms. The summed E-state index contributed by atoms with van der Waals surface area (Å²) in [4.78, 5) is 1.23. The van der Waals surface area contributed by atoms with Crippen molar-refractivity contribution >= 4 is 11.3 Å². The fourth-order valence-electron chi connectivity index (χ4n) is 0.535. The first kappa shape index (κ1) is 5.40. The predicted octanol–water partition coefficient (Wildman–Crippen LogP) is 2.04. The van der Waals surface area contributed by atoms with Crippen LogP contribution in [0.2, 0.25) is 0 Å². The smallest absolute Gasteiger partial charge is 0.0378 e. The van der Waals surface area contributed by atoms with Gasteiger partial charge in [0, 0.05) is 10.4 Å². The van der Waals surface area contributed by atoms with Crippen LogP contribution in [0.4, 0.5) is 0 Å². The minimum atomic E-state index is 1.02. The molecule has 0 atom stereocenters. The Kier molecular flexibility index (Phi) is 1.36. The van der Waals surface area contributed by atoms with Crippen LogP contribution in [0, 0.1) is 19.3 Å². The van der Waals surface area contributed by atoms with Gasteiger partial charge < -0.3 is 0 Å². The molecule has 0 radical (unpaired) electrons. The van der Waals surface area contributed by atoms with E-state index in [1.54, 1.807) is 11.3 Å². The van der Waals surface area contributed by atoms with Gasteiger partial charge in [0.05, 0.1) is 0 Å². The van der Waals surface area contributed by atoms with Gasteiger partial charge in [-0.05, 0) is 18.4 Å². The summed E-state index contributed by atoms with van der Waals surface area (Å²) in [5.74, 6) is 2.59. The van der Waals surface area contributed by atoms with Crippen molar-refractivity contribution in [2.24, 2.45) is 0 Å². The van der Waals surface area contributed by atoms with Gasteiger partial charge in [-0.2, -0.15) is 0 Å². The van der Waals surface area contributed by atoms with Gasteiger partial charge in [-0.15, -0.1) is 17.8 Å². The highest BCUT2D eigenvalue weighted by atomic mass is 32.1. The Balaban J connectivity index is 3.15. The molecular formula is C7H6S. The van der Waals surface area contributed by atoms with Gasteiger partial charge in [-0.25, -0.2) is 0 Å². The van der Waals surface area contributed by atoms with E-state index in [1.807, 2.05) is 18.4 Å². The number of aryl methyl sites for hydroxylation is 1. The van der Waals surface area contributed by atoms with E-state index in [-0.39, 0.29) is 0 Å². The number of rotatable bonds is 0. The SMILES string of the molecule is C#Cc1ccsc1C. The number of hydrogen-bond acceptors (Lipinski definition) is 1. The monoisotopic (exact) mass is 122 g/mol. The maximum Gasteiger partial charge on any atom is 0.0378 e. The molecule has 0 amide bonds. The lowest BCUT2D eigenvalue weighted by Crippen LogP contribution is -1.65. The van der Waals surface area contributed by atoms with Crippen LogP contribution in [-0.4, -0.2) is 0 Å². The summed E-state index contributed by atoms with van der Waals surface area (Å²) < 4.78 is 0. The third-order valence-electron chi connectivity index (χ3n) is 1.01. The zero-order chi connectivity index (χ0) is 5.98. The normalized spacial score (nSPS) is 8.50. The van der Waals surface area contributed by atoms with Crippen LogP contribution < -0.4 is 0 Å². The summed E-state index contributed by atoms with van der Waals surface area (Å²) in [5.41, 5.74) is 1.02. The van der Waals surface area contributed by atoms with Gasteiger partial charge in [0.15, 0.2) is 0 Å². The molecule has 1 heterocycles. The van der Waals surface area contributed by atoms with Crippen LogP contribution in [-0.2, 0) is 0 Å². The first-order valence-corrected chi connectivity index (χ1v) is 3.23. The molecule has 0 bridgehead atoms. The summed E-state index contributed by atoms with van der Waals surface area (Å²) in [5, 5.41) is 2.00. The van der Waals surface area contributed by atoms with Crippen molar-refractivity contribution in [1.29, 1.82) is 0 Å². The Morgan fingerprint density at radius 3 is 2.75 bits per heavy atom. The van der Waals surface area contributed by atoms with Crippen molar-refractivity contribution < 1.29 is 0 Å². The molecule has 0 saturated heterocycles. The summed E-state index contributed by atoms with van der Waals surface area (Å²) in [7, 11) is 0. The van der Waals surface area contributed by atoms with Gasteiger partial charge in [0.2, 0.25) is 0 Å². The summed E-state index contributed by atoms with van der Waals surface area (Å²) in [6.45, 7) is 2.03. The third-order valence-corrected chi connectivity index (χ3v) is 1.86. The number of terminal acetylenes is 1. The van der Waals surface area contributed by atoms with Crippen molar-refractivity contribution in [3.63, 3.8) is 0 Å². The average molecular weight is 122 g/mol. The molecule has 8 heavy (non-hydrogen) atoms. The Bertz CT molecular complexity index is 215. The van der Waals surface area contributed by atoms with Crippen molar-refractivity contribution in [2.45, 2.75) is 6.92 Å². The molecule has 0 aromatic carbocycles. The lowest BCUT2D eigenvalue weighted by molar-refractivity contribution is 1.59. The van der Waals surface area contributed by atoms with E-state index < -0.39 is 0 Å². The van der Waals surface area contributed by atoms with Crippen LogP contribution in [0.3, 0.4) is 0 Å². The van der Waals surface area contributed by atoms with Crippen LogP contribution in [0.15, 0.2) is 11.4 Å². The van der Waals surface area contributed by atoms with Gasteiger partial charge in [-0.1, -0.05) is 5.92 Å². The Labute approximate surface area is 53.2 Å².